The molecule has 0 saturated heterocycles. The zero-order chi connectivity index (χ0) is 15.5. The first kappa shape index (κ1) is 13.7. The molecule has 2 N–H and O–H groups in total. The second-order valence-electron chi connectivity index (χ2n) is 4.70. The first-order valence-corrected chi connectivity index (χ1v) is 6.65. The molecular weight excluding hydrogens is 278 g/mol. The summed E-state index contributed by atoms with van der Waals surface area (Å²) in [5.74, 6) is 0.913. The van der Waals surface area contributed by atoms with Crippen LogP contribution in [0.1, 0.15) is 11.4 Å². The minimum Gasteiger partial charge on any atom is -0.504 e. The normalized spacial score (nSPS) is 11.4. The summed E-state index contributed by atoms with van der Waals surface area (Å²) in [6, 6.07) is 14.7. The van der Waals surface area contributed by atoms with Crippen molar-refractivity contribution in [1.82, 2.24) is 9.97 Å². The van der Waals surface area contributed by atoms with Gasteiger partial charge in [-0.3, -0.25) is 0 Å². The Morgan fingerprint density at radius 2 is 2.14 bits per heavy atom. The predicted octanol–water partition coefficient (Wildman–Crippen LogP) is 3.34. The molecule has 0 radical (unpaired) electrons. The van der Waals surface area contributed by atoms with Crippen LogP contribution in [0.25, 0.3) is 22.7 Å². The largest absolute Gasteiger partial charge is 0.504 e. The van der Waals surface area contributed by atoms with Gasteiger partial charge in [0.15, 0.2) is 11.5 Å². The van der Waals surface area contributed by atoms with E-state index in [9.17, 15) is 10.4 Å². The molecule has 3 aromatic rings. The number of phenolic OH excluding ortho intramolecular Hbond substituents is 1. The SMILES string of the molecule is COc1ccc(/C=C(\C#N)c2nc3ccccc3[nH]2)cc1O. The van der Waals surface area contributed by atoms with E-state index in [1.54, 1.807) is 24.3 Å². The summed E-state index contributed by atoms with van der Waals surface area (Å²) >= 11 is 0. The molecule has 0 spiro atoms. The third kappa shape index (κ3) is 2.50. The van der Waals surface area contributed by atoms with Crippen molar-refractivity contribution >= 4 is 22.7 Å². The summed E-state index contributed by atoms with van der Waals surface area (Å²) in [6.45, 7) is 0. The zero-order valence-electron chi connectivity index (χ0n) is 11.9. The van der Waals surface area contributed by atoms with Gasteiger partial charge in [0.05, 0.1) is 23.7 Å². The zero-order valence-corrected chi connectivity index (χ0v) is 11.9. The molecule has 0 unspecified atom stereocenters. The Hall–Kier alpha value is -3.26. The minimum atomic E-state index is 0.0261. The van der Waals surface area contributed by atoms with Crippen molar-refractivity contribution in [2.75, 3.05) is 7.11 Å². The number of rotatable bonds is 3. The fourth-order valence-corrected chi connectivity index (χ4v) is 2.20. The number of para-hydroxylation sites is 2. The van der Waals surface area contributed by atoms with Gasteiger partial charge in [-0.1, -0.05) is 18.2 Å². The van der Waals surface area contributed by atoms with Crippen LogP contribution in [-0.4, -0.2) is 22.2 Å². The number of benzene rings is 2. The molecule has 5 nitrogen and oxygen atoms in total. The second-order valence-corrected chi connectivity index (χ2v) is 4.70. The number of aromatic hydroxyl groups is 1. The lowest BCUT2D eigenvalue weighted by atomic mass is 10.1. The number of nitrogens with zero attached hydrogens (tertiary/aromatic N) is 2. The number of methoxy groups -OCH3 is 1. The summed E-state index contributed by atoms with van der Waals surface area (Å²) in [4.78, 5) is 7.52. The number of allylic oxidation sites excluding steroid dienone is 1. The van der Waals surface area contributed by atoms with Gasteiger partial charge in [0.25, 0.3) is 0 Å². The van der Waals surface area contributed by atoms with Crippen LogP contribution in [0.15, 0.2) is 42.5 Å². The van der Waals surface area contributed by atoms with Crippen LogP contribution >= 0.6 is 0 Å². The molecule has 0 fully saturated rings. The summed E-state index contributed by atoms with van der Waals surface area (Å²) < 4.78 is 5.00. The van der Waals surface area contributed by atoms with Crippen LogP contribution < -0.4 is 4.74 Å². The molecule has 3 rings (SSSR count). The molecule has 1 aromatic heterocycles. The van der Waals surface area contributed by atoms with Gasteiger partial charge in [-0.05, 0) is 35.9 Å². The van der Waals surface area contributed by atoms with Gasteiger partial charge in [-0.2, -0.15) is 5.26 Å². The quantitative estimate of drug-likeness (QED) is 0.725. The fourth-order valence-electron chi connectivity index (χ4n) is 2.20. The van der Waals surface area contributed by atoms with E-state index in [0.29, 0.717) is 22.7 Å². The number of hydrogen-bond donors (Lipinski definition) is 2. The molecule has 0 atom stereocenters. The second kappa shape index (κ2) is 5.62. The molecule has 5 heteroatoms. The summed E-state index contributed by atoms with van der Waals surface area (Å²) in [6.07, 6.45) is 1.66. The van der Waals surface area contributed by atoms with Gasteiger partial charge in [-0.15, -0.1) is 0 Å². The summed E-state index contributed by atoms with van der Waals surface area (Å²) in [7, 11) is 1.49. The standard InChI is InChI=1S/C17H13N3O2/c1-22-16-7-6-11(9-15(16)21)8-12(10-18)17-19-13-4-2-3-5-14(13)20-17/h2-9,21H,1H3,(H,19,20)/b12-8+. The average Bonchev–Trinajstić information content (AvgIpc) is 2.96. The molecule has 22 heavy (non-hydrogen) atoms. The highest BCUT2D eigenvalue weighted by atomic mass is 16.5. The number of ether oxygens (including phenoxy) is 1. The van der Waals surface area contributed by atoms with E-state index in [1.807, 2.05) is 24.3 Å². The van der Waals surface area contributed by atoms with Crippen molar-refractivity contribution in [3.63, 3.8) is 0 Å². The highest BCUT2D eigenvalue weighted by Crippen LogP contribution is 2.28. The monoisotopic (exact) mass is 291 g/mol. The first-order valence-electron chi connectivity index (χ1n) is 6.65. The lowest BCUT2D eigenvalue weighted by molar-refractivity contribution is 0.373. The number of nitriles is 1. The number of imidazole rings is 1. The van der Waals surface area contributed by atoms with Gasteiger partial charge in [0.1, 0.15) is 11.9 Å². The molecule has 0 bridgehead atoms. The van der Waals surface area contributed by atoms with E-state index in [4.69, 9.17) is 4.74 Å². The van der Waals surface area contributed by atoms with Crippen LogP contribution in [0.4, 0.5) is 0 Å². The Morgan fingerprint density at radius 3 is 2.82 bits per heavy atom. The van der Waals surface area contributed by atoms with Gasteiger partial charge in [0, 0.05) is 0 Å². The Bertz CT molecular complexity index is 871. The molecule has 0 saturated carbocycles. The number of H-pyrrole nitrogens is 1. The number of nitrogens with one attached hydrogen (secondary N) is 1. The maximum atomic E-state index is 9.80. The predicted molar refractivity (Wildman–Crippen MR) is 84.2 cm³/mol. The number of hydrogen-bond acceptors (Lipinski definition) is 4. The molecule has 0 amide bonds. The summed E-state index contributed by atoms with van der Waals surface area (Å²) in [5, 5.41) is 19.2. The highest BCUT2D eigenvalue weighted by Gasteiger charge is 2.08. The minimum absolute atomic E-state index is 0.0261. The van der Waals surface area contributed by atoms with Crippen LogP contribution in [0, 0.1) is 11.3 Å². The van der Waals surface area contributed by atoms with Crippen LogP contribution in [-0.2, 0) is 0 Å². The number of aromatic nitrogens is 2. The fraction of sp³-hybridized carbons (Fsp3) is 0.0588. The van der Waals surface area contributed by atoms with Crippen molar-refractivity contribution in [2.24, 2.45) is 0 Å². The molecule has 0 aliphatic carbocycles. The van der Waals surface area contributed by atoms with E-state index in [0.717, 1.165) is 11.0 Å². The van der Waals surface area contributed by atoms with E-state index in [1.165, 1.54) is 7.11 Å². The van der Waals surface area contributed by atoms with Gasteiger partial charge in [-0.25, -0.2) is 4.98 Å². The Morgan fingerprint density at radius 1 is 1.32 bits per heavy atom. The Labute approximate surface area is 127 Å². The van der Waals surface area contributed by atoms with Crippen LogP contribution in [0.2, 0.25) is 0 Å². The van der Waals surface area contributed by atoms with Crippen molar-refractivity contribution < 1.29 is 9.84 Å². The smallest absolute Gasteiger partial charge is 0.160 e. The summed E-state index contributed by atoms with van der Waals surface area (Å²) in [5.41, 5.74) is 2.75. The Kier molecular flexibility index (Phi) is 3.50. The van der Waals surface area contributed by atoms with Crippen molar-refractivity contribution in [3.05, 3.63) is 53.9 Å². The lowest BCUT2D eigenvalue weighted by Gasteiger charge is -2.03. The number of fused-ring (bicyclic) bond motifs is 1. The lowest BCUT2D eigenvalue weighted by Crippen LogP contribution is -1.86. The average molecular weight is 291 g/mol. The molecule has 0 aliphatic heterocycles. The third-order valence-electron chi connectivity index (χ3n) is 3.28. The van der Waals surface area contributed by atoms with Crippen molar-refractivity contribution in [2.45, 2.75) is 0 Å². The molecule has 2 aromatic carbocycles. The Balaban J connectivity index is 2.03. The van der Waals surface area contributed by atoms with Crippen LogP contribution in [0.3, 0.4) is 0 Å². The number of aromatic amines is 1. The van der Waals surface area contributed by atoms with Crippen molar-refractivity contribution in [1.29, 1.82) is 5.26 Å². The van der Waals surface area contributed by atoms with Gasteiger partial charge >= 0.3 is 0 Å². The van der Waals surface area contributed by atoms with Crippen molar-refractivity contribution in [3.8, 4) is 17.6 Å². The molecular formula is C17H13N3O2. The molecule has 1 heterocycles. The van der Waals surface area contributed by atoms with Crippen LogP contribution in [0.5, 0.6) is 11.5 Å². The molecule has 0 aliphatic rings. The molecule has 108 valence electrons. The number of phenols is 1. The van der Waals surface area contributed by atoms with Gasteiger partial charge < -0.3 is 14.8 Å². The topological polar surface area (TPSA) is 81.9 Å². The van der Waals surface area contributed by atoms with E-state index in [2.05, 4.69) is 16.0 Å². The first-order chi connectivity index (χ1) is 10.7. The maximum Gasteiger partial charge on any atom is 0.160 e. The van der Waals surface area contributed by atoms with Gasteiger partial charge in [0.2, 0.25) is 0 Å². The maximum absolute atomic E-state index is 9.80. The third-order valence-corrected chi connectivity index (χ3v) is 3.28. The highest BCUT2D eigenvalue weighted by molar-refractivity contribution is 5.90. The van der Waals surface area contributed by atoms with E-state index < -0.39 is 0 Å². The van der Waals surface area contributed by atoms with E-state index in [-0.39, 0.29) is 5.75 Å². The van der Waals surface area contributed by atoms with E-state index >= 15 is 0 Å².